The minimum absolute atomic E-state index is 0.265. The van der Waals surface area contributed by atoms with Crippen LogP contribution >= 0.6 is 11.6 Å². The molecule has 0 unspecified atom stereocenters. The van der Waals surface area contributed by atoms with Crippen LogP contribution in [-0.2, 0) is 0 Å². The maximum absolute atomic E-state index is 12.5. The van der Waals surface area contributed by atoms with Crippen LogP contribution in [0.5, 0.6) is 11.5 Å². The number of amides is 1. The number of carbonyl (C=O) groups is 1. The molecule has 1 aromatic heterocycles. The summed E-state index contributed by atoms with van der Waals surface area (Å²) in [6, 6.07) is 21.8. The molecule has 0 aliphatic heterocycles. The van der Waals surface area contributed by atoms with Crippen molar-refractivity contribution >= 4 is 39.8 Å². The lowest BCUT2D eigenvalue weighted by Gasteiger charge is -2.07. The van der Waals surface area contributed by atoms with Crippen molar-refractivity contribution < 1.29 is 9.53 Å². The summed E-state index contributed by atoms with van der Waals surface area (Å²) >= 11 is 6.01. The van der Waals surface area contributed by atoms with E-state index < -0.39 is 0 Å². The van der Waals surface area contributed by atoms with Crippen molar-refractivity contribution in [2.24, 2.45) is 0 Å². The second kappa shape index (κ2) is 7.05. The number of nitrogens with two attached hydrogens (primary N) is 1. The number of benzene rings is 3. The number of aromatic nitrogens is 1. The fraction of sp³-hybridized carbons (Fsp3) is 0. The van der Waals surface area contributed by atoms with Crippen LogP contribution in [0.1, 0.15) is 10.5 Å². The van der Waals surface area contributed by atoms with Crippen molar-refractivity contribution in [2.75, 3.05) is 11.1 Å². The monoisotopic (exact) mass is 377 g/mol. The van der Waals surface area contributed by atoms with Crippen LogP contribution in [0.25, 0.3) is 10.9 Å². The van der Waals surface area contributed by atoms with Gasteiger partial charge >= 0.3 is 0 Å². The number of anilines is 2. The summed E-state index contributed by atoms with van der Waals surface area (Å²) in [6.45, 7) is 0. The summed E-state index contributed by atoms with van der Waals surface area (Å²) in [5.74, 6) is 1.18. The van der Waals surface area contributed by atoms with Crippen LogP contribution in [-0.4, -0.2) is 10.9 Å². The maximum Gasteiger partial charge on any atom is 0.272 e. The molecule has 4 rings (SSSR count). The molecule has 0 aliphatic rings. The Balaban J connectivity index is 1.49. The molecule has 3 aromatic carbocycles. The summed E-state index contributed by atoms with van der Waals surface area (Å²) in [7, 11) is 0. The second-order valence-corrected chi connectivity index (χ2v) is 6.47. The Labute approximate surface area is 160 Å². The highest BCUT2D eigenvalue weighted by Gasteiger charge is 2.12. The summed E-state index contributed by atoms with van der Waals surface area (Å²) in [5, 5.41) is 4.16. The zero-order valence-corrected chi connectivity index (χ0v) is 15.0. The zero-order chi connectivity index (χ0) is 18.8. The minimum atomic E-state index is -0.265. The van der Waals surface area contributed by atoms with Gasteiger partial charge in [-0.25, -0.2) is 0 Å². The predicted molar refractivity (Wildman–Crippen MR) is 109 cm³/mol. The molecule has 0 saturated carbocycles. The molecule has 4 N–H and O–H groups in total. The van der Waals surface area contributed by atoms with Gasteiger partial charge in [-0.15, -0.1) is 0 Å². The van der Waals surface area contributed by atoms with E-state index in [1.165, 1.54) is 0 Å². The topological polar surface area (TPSA) is 80.1 Å². The third kappa shape index (κ3) is 3.73. The fourth-order valence-electron chi connectivity index (χ4n) is 2.79. The van der Waals surface area contributed by atoms with E-state index in [0.29, 0.717) is 33.4 Å². The largest absolute Gasteiger partial charge is 0.457 e. The molecule has 0 radical (unpaired) electrons. The molecule has 1 amide bonds. The van der Waals surface area contributed by atoms with Gasteiger partial charge in [0.05, 0.1) is 11.2 Å². The Kier molecular flexibility index (Phi) is 4.44. The molecular weight excluding hydrogens is 362 g/mol. The highest BCUT2D eigenvalue weighted by Crippen LogP contribution is 2.27. The van der Waals surface area contributed by atoms with E-state index in [2.05, 4.69) is 10.3 Å². The number of ether oxygens (including phenoxy) is 1. The van der Waals surface area contributed by atoms with Gasteiger partial charge in [0, 0.05) is 16.1 Å². The van der Waals surface area contributed by atoms with E-state index >= 15 is 0 Å². The predicted octanol–water partition coefficient (Wildman–Crippen LogP) is 5.45. The van der Waals surface area contributed by atoms with E-state index in [-0.39, 0.29) is 5.91 Å². The van der Waals surface area contributed by atoms with Crippen molar-refractivity contribution in [1.29, 1.82) is 0 Å². The Bertz CT molecular complexity index is 1110. The maximum atomic E-state index is 12.5. The lowest BCUT2D eigenvalue weighted by molar-refractivity contribution is 0.102. The zero-order valence-electron chi connectivity index (χ0n) is 14.2. The highest BCUT2D eigenvalue weighted by atomic mass is 35.5. The Morgan fingerprint density at radius 2 is 1.67 bits per heavy atom. The summed E-state index contributed by atoms with van der Waals surface area (Å²) in [4.78, 5) is 15.5. The third-order valence-corrected chi connectivity index (χ3v) is 4.28. The van der Waals surface area contributed by atoms with E-state index in [9.17, 15) is 4.79 Å². The lowest BCUT2D eigenvalue weighted by Crippen LogP contribution is -2.12. The van der Waals surface area contributed by atoms with Gasteiger partial charge in [0.1, 0.15) is 17.2 Å². The van der Waals surface area contributed by atoms with E-state index in [1.54, 1.807) is 42.5 Å². The number of aromatic amines is 1. The first-order valence-electron chi connectivity index (χ1n) is 8.30. The standard InChI is InChI=1S/C21H16ClN3O2/c22-14-10-13-11-19(25-20(13)18(23)12-14)21(26)24-15-6-8-17(9-7-15)27-16-4-2-1-3-5-16/h1-12,25H,23H2,(H,24,26). The first-order valence-corrected chi connectivity index (χ1v) is 8.68. The number of fused-ring (bicyclic) bond motifs is 1. The van der Waals surface area contributed by atoms with Crippen molar-refractivity contribution in [1.82, 2.24) is 4.98 Å². The molecule has 134 valence electrons. The van der Waals surface area contributed by atoms with Crippen LogP contribution in [0.3, 0.4) is 0 Å². The molecule has 0 aliphatic carbocycles. The number of halogens is 1. The van der Waals surface area contributed by atoms with Crippen LogP contribution in [0.4, 0.5) is 11.4 Å². The minimum Gasteiger partial charge on any atom is -0.457 e. The lowest BCUT2D eigenvalue weighted by atomic mass is 10.2. The van der Waals surface area contributed by atoms with E-state index in [0.717, 1.165) is 11.1 Å². The van der Waals surface area contributed by atoms with Gasteiger partial charge in [0.15, 0.2) is 0 Å². The number of hydrogen-bond acceptors (Lipinski definition) is 3. The van der Waals surface area contributed by atoms with Crippen molar-refractivity contribution in [3.05, 3.63) is 83.5 Å². The fourth-order valence-corrected chi connectivity index (χ4v) is 3.02. The summed E-state index contributed by atoms with van der Waals surface area (Å²) in [6.07, 6.45) is 0. The molecule has 0 atom stereocenters. The smallest absolute Gasteiger partial charge is 0.272 e. The molecule has 0 bridgehead atoms. The van der Waals surface area contributed by atoms with Gasteiger partial charge in [0.2, 0.25) is 0 Å². The first kappa shape index (κ1) is 17.0. The van der Waals surface area contributed by atoms with E-state index in [4.69, 9.17) is 22.1 Å². The third-order valence-electron chi connectivity index (χ3n) is 4.06. The average Bonchev–Trinajstić information content (AvgIpc) is 3.09. The number of carbonyl (C=O) groups excluding carboxylic acids is 1. The molecule has 27 heavy (non-hydrogen) atoms. The normalized spacial score (nSPS) is 10.7. The van der Waals surface area contributed by atoms with Crippen molar-refractivity contribution in [3.8, 4) is 11.5 Å². The number of rotatable bonds is 4. The average molecular weight is 378 g/mol. The summed E-state index contributed by atoms with van der Waals surface area (Å²) < 4.78 is 5.74. The molecule has 0 fully saturated rings. The van der Waals surface area contributed by atoms with Gasteiger partial charge in [-0.1, -0.05) is 29.8 Å². The van der Waals surface area contributed by atoms with Crippen LogP contribution < -0.4 is 15.8 Å². The molecule has 0 spiro atoms. The Morgan fingerprint density at radius 1 is 0.963 bits per heavy atom. The van der Waals surface area contributed by atoms with Crippen molar-refractivity contribution in [2.45, 2.75) is 0 Å². The number of H-pyrrole nitrogens is 1. The molecule has 4 aromatic rings. The van der Waals surface area contributed by atoms with Crippen LogP contribution in [0.15, 0.2) is 72.8 Å². The molecule has 1 heterocycles. The quantitative estimate of drug-likeness (QED) is 0.414. The SMILES string of the molecule is Nc1cc(Cl)cc2cc(C(=O)Nc3ccc(Oc4ccccc4)cc3)[nH]c12. The van der Waals surface area contributed by atoms with Crippen molar-refractivity contribution in [3.63, 3.8) is 0 Å². The molecule has 6 heteroatoms. The summed E-state index contributed by atoms with van der Waals surface area (Å²) in [5.41, 5.74) is 8.20. The molecule has 5 nitrogen and oxygen atoms in total. The molecule has 0 saturated heterocycles. The number of hydrogen-bond donors (Lipinski definition) is 3. The van der Waals surface area contributed by atoms with Crippen LogP contribution in [0.2, 0.25) is 5.02 Å². The second-order valence-electron chi connectivity index (χ2n) is 6.04. The van der Waals surface area contributed by atoms with Gasteiger partial charge < -0.3 is 20.8 Å². The Hall–Kier alpha value is -3.44. The number of para-hydroxylation sites is 1. The van der Waals surface area contributed by atoms with Gasteiger partial charge in [0.25, 0.3) is 5.91 Å². The molecular formula is C21H16ClN3O2. The van der Waals surface area contributed by atoms with Gasteiger partial charge in [-0.2, -0.15) is 0 Å². The number of nitrogen functional groups attached to an aromatic ring is 1. The van der Waals surface area contributed by atoms with Gasteiger partial charge in [-0.3, -0.25) is 4.79 Å². The van der Waals surface area contributed by atoms with Crippen LogP contribution in [0, 0.1) is 0 Å². The number of nitrogens with one attached hydrogen (secondary N) is 2. The Morgan fingerprint density at radius 3 is 2.41 bits per heavy atom. The van der Waals surface area contributed by atoms with Gasteiger partial charge in [-0.05, 0) is 54.6 Å². The highest BCUT2D eigenvalue weighted by molar-refractivity contribution is 6.32. The first-order chi connectivity index (χ1) is 13.1. The van der Waals surface area contributed by atoms with E-state index in [1.807, 2.05) is 30.3 Å².